The van der Waals surface area contributed by atoms with Crippen molar-refractivity contribution in [2.24, 2.45) is 0 Å². The van der Waals surface area contributed by atoms with Gasteiger partial charge in [-0.3, -0.25) is 4.79 Å². The Kier molecular flexibility index (Phi) is 5.76. The number of esters is 1. The van der Waals surface area contributed by atoms with Crippen LogP contribution >= 0.6 is 0 Å². The van der Waals surface area contributed by atoms with Gasteiger partial charge in [-0.2, -0.15) is 0 Å². The Morgan fingerprint density at radius 2 is 2.15 bits per heavy atom. The molecule has 0 aliphatic carbocycles. The molecule has 0 spiro atoms. The smallest absolute Gasteiger partial charge is 0.341 e. The fourth-order valence-electron chi connectivity index (χ4n) is 1.50. The number of ether oxygens (including phenoxy) is 1. The molecule has 3 N–H and O–H groups in total. The number of nitrogens with one attached hydrogen (secondary N) is 1. The Morgan fingerprint density at radius 1 is 1.45 bits per heavy atom. The highest BCUT2D eigenvalue weighted by atomic mass is 16.5. The Hall–Kier alpha value is -2.31. The summed E-state index contributed by atoms with van der Waals surface area (Å²) in [6.07, 6.45) is 1.75. The number of anilines is 2. The molecule has 0 unspecified atom stereocenters. The maximum absolute atomic E-state index is 11.8. The van der Waals surface area contributed by atoms with Gasteiger partial charge in [0.1, 0.15) is 11.4 Å². The molecule has 0 aromatic carbocycles. The van der Waals surface area contributed by atoms with Crippen molar-refractivity contribution in [2.45, 2.75) is 13.3 Å². The second kappa shape index (κ2) is 7.32. The molecule has 0 aliphatic rings. The summed E-state index contributed by atoms with van der Waals surface area (Å²) in [5, 5.41) is 2.95. The summed E-state index contributed by atoms with van der Waals surface area (Å²) in [6.45, 7) is 2.37. The normalized spacial score (nSPS) is 9.95. The molecule has 1 aromatic rings. The van der Waals surface area contributed by atoms with Crippen LogP contribution in [-0.2, 0) is 9.53 Å². The lowest BCUT2D eigenvalue weighted by Crippen LogP contribution is -2.24. The standard InChI is InChI=1S/C13H20N4O3/c1-4-20-13(19)10-7-9(14)8-16-12(10)15-6-5-11(18)17(2)3/h7-8H,4-6,14H2,1-3H3,(H,15,16). The molecule has 0 bridgehead atoms. The van der Waals surface area contributed by atoms with E-state index in [1.807, 2.05) is 0 Å². The summed E-state index contributed by atoms with van der Waals surface area (Å²) >= 11 is 0. The van der Waals surface area contributed by atoms with E-state index in [-0.39, 0.29) is 18.1 Å². The summed E-state index contributed by atoms with van der Waals surface area (Å²) in [5.74, 6) is -0.136. The van der Waals surface area contributed by atoms with Gasteiger partial charge in [-0.15, -0.1) is 0 Å². The number of hydrogen-bond donors (Lipinski definition) is 2. The number of carbonyl (C=O) groups is 2. The molecule has 0 radical (unpaired) electrons. The van der Waals surface area contributed by atoms with E-state index in [2.05, 4.69) is 10.3 Å². The van der Waals surface area contributed by atoms with Crippen molar-refractivity contribution in [2.75, 3.05) is 38.3 Å². The van der Waals surface area contributed by atoms with Crippen molar-refractivity contribution in [3.05, 3.63) is 17.8 Å². The van der Waals surface area contributed by atoms with Gasteiger partial charge in [-0.05, 0) is 13.0 Å². The highest BCUT2D eigenvalue weighted by Crippen LogP contribution is 2.16. The molecule has 0 fully saturated rings. The molecule has 1 aromatic heterocycles. The lowest BCUT2D eigenvalue weighted by Gasteiger charge is -2.13. The molecule has 1 rings (SSSR count). The van der Waals surface area contributed by atoms with Gasteiger partial charge in [0, 0.05) is 27.1 Å². The monoisotopic (exact) mass is 280 g/mol. The first-order valence-electron chi connectivity index (χ1n) is 6.32. The maximum atomic E-state index is 11.8. The zero-order valence-corrected chi connectivity index (χ0v) is 12.0. The van der Waals surface area contributed by atoms with Gasteiger partial charge < -0.3 is 20.7 Å². The van der Waals surface area contributed by atoms with Gasteiger partial charge in [-0.25, -0.2) is 9.78 Å². The van der Waals surface area contributed by atoms with Crippen LogP contribution in [0.1, 0.15) is 23.7 Å². The third kappa shape index (κ3) is 4.42. The van der Waals surface area contributed by atoms with E-state index in [0.717, 1.165) is 0 Å². The number of pyridine rings is 1. The predicted molar refractivity (Wildman–Crippen MR) is 76.4 cm³/mol. The fraction of sp³-hybridized carbons (Fsp3) is 0.462. The average molecular weight is 280 g/mol. The second-order valence-electron chi connectivity index (χ2n) is 4.35. The molecular formula is C13H20N4O3. The Balaban J connectivity index is 2.74. The molecule has 0 saturated heterocycles. The minimum atomic E-state index is -0.492. The maximum Gasteiger partial charge on any atom is 0.341 e. The summed E-state index contributed by atoms with van der Waals surface area (Å²) in [7, 11) is 3.38. The van der Waals surface area contributed by atoms with Gasteiger partial charge in [-0.1, -0.05) is 0 Å². The van der Waals surface area contributed by atoms with E-state index >= 15 is 0 Å². The van der Waals surface area contributed by atoms with Gasteiger partial charge in [0.25, 0.3) is 0 Å². The number of amides is 1. The van der Waals surface area contributed by atoms with Gasteiger partial charge >= 0.3 is 5.97 Å². The van der Waals surface area contributed by atoms with Crippen molar-refractivity contribution in [1.29, 1.82) is 0 Å². The summed E-state index contributed by atoms with van der Waals surface area (Å²) in [5.41, 5.74) is 6.26. The number of rotatable bonds is 6. The average Bonchev–Trinajstić information content (AvgIpc) is 2.40. The zero-order chi connectivity index (χ0) is 15.1. The number of nitrogens with two attached hydrogens (primary N) is 1. The van der Waals surface area contributed by atoms with Crippen LogP contribution in [0.4, 0.5) is 11.5 Å². The van der Waals surface area contributed by atoms with Crippen LogP contribution < -0.4 is 11.1 Å². The van der Waals surface area contributed by atoms with Crippen LogP contribution in [-0.4, -0.2) is 49.0 Å². The fourth-order valence-corrected chi connectivity index (χ4v) is 1.50. The lowest BCUT2D eigenvalue weighted by molar-refractivity contribution is -0.128. The largest absolute Gasteiger partial charge is 0.462 e. The van der Waals surface area contributed by atoms with Crippen molar-refractivity contribution < 1.29 is 14.3 Å². The molecule has 0 atom stereocenters. The van der Waals surface area contributed by atoms with Crippen LogP contribution in [0.3, 0.4) is 0 Å². The van der Waals surface area contributed by atoms with Crippen LogP contribution in [0, 0.1) is 0 Å². The highest BCUT2D eigenvalue weighted by Gasteiger charge is 2.14. The first-order valence-corrected chi connectivity index (χ1v) is 6.32. The van der Waals surface area contributed by atoms with E-state index < -0.39 is 5.97 Å². The van der Waals surface area contributed by atoms with Crippen LogP contribution in [0.2, 0.25) is 0 Å². The van der Waals surface area contributed by atoms with Crippen LogP contribution in [0.25, 0.3) is 0 Å². The SMILES string of the molecule is CCOC(=O)c1cc(N)cnc1NCCC(=O)N(C)C. The first kappa shape index (κ1) is 15.7. The molecule has 0 aliphatic heterocycles. The van der Waals surface area contributed by atoms with E-state index in [4.69, 9.17) is 10.5 Å². The van der Waals surface area contributed by atoms with Gasteiger partial charge in [0.2, 0.25) is 5.91 Å². The van der Waals surface area contributed by atoms with Crippen LogP contribution in [0.15, 0.2) is 12.3 Å². The Labute approximate surface area is 118 Å². The number of nitrogens with zero attached hydrogens (tertiary/aromatic N) is 2. The van der Waals surface area contributed by atoms with E-state index in [9.17, 15) is 9.59 Å². The van der Waals surface area contributed by atoms with E-state index in [1.165, 1.54) is 17.2 Å². The molecule has 1 heterocycles. The van der Waals surface area contributed by atoms with Crippen molar-refractivity contribution in [1.82, 2.24) is 9.88 Å². The molecule has 7 nitrogen and oxygen atoms in total. The number of nitrogen functional groups attached to an aromatic ring is 1. The van der Waals surface area contributed by atoms with Gasteiger partial charge in [0.15, 0.2) is 0 Å². The Morgan fingerprint density at radius 3 is 2.75 bits per heavy atom. The zero-order valence-electron chi connectivity index (χ0n) is 12.0. The quantitative estimate of drug-likeness (QED) is 0.746. The topological polar surface area (TPSA) is 97.5 Å². The minimum absolute atomic E-state index is 0.00868. The summed E-state index contributed by atoms with van der Waals surface area (Å²) in [4.78, 5) is 28.8. The first-order chi connectivity index (χ1) is 9.45. The lowest BCUT2D eigenvalue weighted by atomic mass is 10.2. The van der Waals surface area contributed by atoms with Crippen LogP contribution in [0.5, 0.6) is 0 Å². The molecule has 7 heteroatoms. The van der Waals surface area contributed by atoms with Crippen molar-refractivity contribution in [3.63, 3.8) is 0 Å². The van der Waals surface area contributed by atoms with Gasteiger partial charge in [0.05, 0.1) is 18.5 Å². The van der Waals surface area contributed by atoms with E-state index in [1.54, 1.807) is 21.0 Å². The number of aromatic nitrogens is 1. The third-order valence-electron chi connectivity index (χ3n) is 2.53. The molecule has 0 saturated carbocycles. The molecule has 20 heavy (non-hydrogen) atoms. The summed E-state index contributed by atoms with van der Waals surface area (Å²) in [6, 6.07) is 1.50. The molecule has 1 amide bonds. The van der Waals surface area contributed by atoms with Crippen molar-refractivity contribution >= 4 is 23.4 Å². The molecular weight excluding hydrogens is 260 g/mol. The molecule has 110 valence electrons. The van der Waals surface area contributed by atoms with Crippen molar-refractivity contribution in [3.8, 4) is 0 Å². The minimum Gasteiger partial charge on any atom is -0.462 e. The second-order valence-corrected chi connectivity index (χ2v) is 4.35. The highest BCUT2D eigenvalue weighted by molar-refractivity contribution is 5.95. The Bertz CT molecular complexity index is 489. The summed E-state index contributed by atoms with van der Waals surface area (Å²) < 4.78 is 4.94. The van der Waals surface area contributed by atoms with E-state index in [0.29, 0.717) is 24.5 Å². The third-order valence-corrected chi connectivity index (χ3v) is 2.53. The number of carbonyl (C=O) groups excluding carboxylic acids is 2. The predicted octanol–water partition coefficient (Wildman–Crippen LogP) is 0.731. The number of hydrogen-bond acceptors (Lipinski definition) is 6.